The molecule has 2 heterocycles. The summed E-state index contributed by atoms with van der Waals surface area (Å²) in [5.41, 5.74) is 5.72. The summed E-state index contributed by atoms with van der Waals surface area (Å²) in [4.78, 5) is 19.4. The summed E-state index contributed by atoms with van der Waals surface area (Å²) in [6.07, 6.45) is 8.56. The normalized spacial score (nSPS) is 25.4. The van der Waals surface area contributed by atoms with Crippen LogP contribution in [0.25, 0.3) is 0 Å². The molecule has 3 fully saturated rings. The molecule has 0 bridgehead atoms. The summed E-state index contributed by atoms with van der Waals surface area (Å²) in [6, 6.07) is 0. The van der Waals surface area contributed by atoms with E-state index >= 15 is 0 Å². The predicted octanol–water partition coefficient (Wildman–Crippen LogP) is 1.86. The largest absolute Gasteiger partial charge is 0.378 e. The highest BCUT2D eigenvalue weighted by Gasteiger charge is 2.45. The van der Waals surface area contributed by atoms with E-state index in [1.54, 1.807) is 0 Å². The molecule has 2 aliphatic carbocycles. The van der Waals surface area contributed by atoms with Gasteiger partial charge in [0.1, 0.15) is 0 Å². The van der Waals surface area contributed by atoms with E-state index < -0.39 is 5.54 Å². The van der Waals surface area contributed by atoms with Crippen LogP contribution in [-0.4, -0.2) is 47.3 Å². The molecule has 1 aromatic heterocycles. The zero-order chi connectivity index (χ0) is 17.3. The van der Waals surface area contributed by atoms with Gasteiger partial charge in [-0.2, -0.15) is 4.98 Å². The Morgan fingerprint density at radius 3 is 2.40 bits per heavy atom. The number of amides is 1. The average Bonchev–Trinajstić information content (AvgIpc) is 3.36. The SMILES string of the molecule is NC1(c2noc(C3(CC(=O)N4CCOCC4)CCCC3)n2)CCCC1. The number of hydrogen-bond acceptors (Lipinski definition) is 6. The number of nitrogens with zero attached hydrogens (tertiary/aromatic N) is 3. The van der Waals surface area contributed by atoms with Gasteiger partial charge in [-0.15, -0.1) is 0 Å². The first-order valence-electron chi connectivity index (χ1n) is 9.61. The van der Waals surface area contributed by atoms with Crippen LogP contribution in [0.4, 0.5) is 0 Å². The first-order chi connectivity index (χ1) is 12.1. The third-order valence-corrected chi connectivity index (χ3v) is 6.23. The van der Waals surface area contributed by atoms with Gasteiger partial charge in [-0.3, -0.25) is 4.79 Å². The minimum absolute atomic E-state index is 0.174. The fourth-order valence-electron chi connectivity index (χ4n) is 4.60. The van der Waals surface area contributed by atoms with E-state index in [-0.39, 0.29) is 11.3 Å². The molecule has 1 aromatic rings. The molecular weight excluding hydrogens is 320 g/mol. The molecule has 0 unspecified atom stereocenters. The Labute approximate surface area is 148 Å². The molecule has 7 heteroatoms. The minimum atomic E-state index is -0.449. The van der Waals surface area contributed by atoms with E-state index in [4.69, 9.17) is 20.0 Å². The van der Waals surface area contributed by atoms with Crippen molar-refractivity contribution in [2.45, 2.75) is 68.7 Å². The molecule has 1 amide bonds. The number of rotatable bonds is 4. The van der Waals surface area contributed by atoms with Gasteiger partial charge in [-0.25, -0.2) is 0 Å². The molecule has 0 spiro atoms. The third-order valence-electron chi connectivity index (χ3n) is 6.23. The quantitative estimate of drug-likeness (QED) is 0.892. The Balaban J connectivity index is 1.54. The maximum Gasteiger partial charge on any atom is 0.233 e. The Bertz CT molecular complexity index is 612. The summed E-state index contributed by atoms with van der Waals surface area (Å²) in [6.45, 7) is 2.60. The summed E-state index contributed by atoms with van der Waals surface area (Å²) in [5, 5.41) is 4.22. The molecule has 3 aliphatic rings. The zero-order valence-corrected chi connectivity index (χ0v) is 14.8. The first kappa shape index (κ1) is 17.0. The van der Waals surface area contributed by atoms with Gasteiger partial charge in [0, 0.05) is 19.5 Å². The monoisotopic (exact) mass is 348 g/mol. The van der Waals surface area contributed by atoms with Crippen molar-refractivity contribution in [1.82, 2.24) is 15.0 Å². The number of carbonyl (C=O) groups excluding carboxylic acids is 1. The van der Waals surface area contributed by atoms with E-state index in [0.717, 1.165) is 51.4 Å². The summed E-state index contributed by atoms with van der Waals surface area (Å²) in [7, 11) is 0. The van der Waals surface area contributed by atoms with Crippen LogP contribution in [-0.2, 0) is 20.5 Å². The molecule has 1 aliphatic heterocycles. The van der Waals surface area contributed by atoms with Gasteiger partial charge >= 0.3 is 0 Å². The lowest BCUT2D eigenvalue weighted by atomic mass is 9.81. The standard InChI is InChI=1S/C18H28N4O3/c19-18(7-3-4-8-18)15-20-16(25-21-15)17(5-1-2-6-17)13-14(23)22-9-11-24-12-10-22/h1-13,19H2. The summed E-state index contributed by atoms with van der Waals surface area (Å²) < 4.78 is 11.0. The third kappa shape index (κ3) is 3.19. The zero-order valence-electron chi connectivity index (χ0n) is 14.8. The topological polar surface area (TPSA) is 94.5 Å². The lowest BCUT2D eigenvalue weighted by molar-refractivity contribution is -0.136. The van der Waals surface area contributed by atoms with Crippen LogP contribution in [0.15, 0.2) is 4.52 Å². The van der Waals surface area contributed by atoms with Crippen molar-refractivity contribution in [3.63, 3.8) is 0 Å². The summed E-state index contributed by atoms with van der Waals surface area (Å²) >= 11 is 0. The second-order valence-corrected chi connectivity index (χ2v) is 7.94. The van der Waals surface area contributed by atoms with E-state index in [1.165, 1.54) is 0 Å². The van der Waals surface area contributed by atoms with Crippen LogP contribution in [0, 0.1) is 0 Å². The molecule has 25 heavy (non-hydrogen) atoms. The molecule has 7 nitrogen and oxygen atoms in total. The number of nitrogens with two attached hydrogens (primary N) is 1. The van der Waals surface area contributed by atoms with Crippen LogP contribution >= 0.6 is 0 Å². The van der Waals surface area contributed by atoms with Crippen molar-refractivity contribution in [3.8, 4) is 0 Å². The number of aromatic nitrogens is 2. The number of ether oxygens (including phenoxy) is 1. The van der Waals surface area contributed by atoms with E-state index in [9.17, 15) is 4.79 Å². The molecule has 1 saturated heterocycles. The molecule has 2 N–H and O–H groups in total. The summed E-state index contributed by atoms with van der Waals surface area (Å²) in [5.74, 6) is 1.43. The lowest BCUT2D eigenvalue weighted by Crippen LogP contribution is -2.43. The first-order valence-corrected chi connectivity index (χ1v) is 9.61. The molecule has 4 rings (SSSR count). The average molecular weight is 348 g/mol. The second kappa shape index (κ2) is 6.68. The molecule has 138 valence electrons. The lowest BCUT2D eigenvalue weighted by Gasteiger charge is -2.31. The maximum atomic E-state index is 12.8. The maximum absolute atomic E-state index is 12.8. The van der Waals surface area contributed by atoms with Crippen LogP contribution < -0.4 is 5.73 Å². The van der Waals surface area contributed by atoms with E-state index in [0.29, 0.717) is 44.4 Å². The van der Waals surface area contributed by atoms with Crippen LogP contribution in [0.2, 0.25) is 0 Å². The second-order valence-electron chi connectivity index (χ2n) is 7.94. The van der Waals surface area contributed by atoms with Crippen molar-refractivity contribution in [2.24, 2.45) is 5.73 Å². The van der Waals surface area contributed by atoms with Crippen molar-refractivity contribution in [2.75, 3.05) is 26.3 Å². The van der Waals surface area contributed by atoms with Gasteiger partial charge in [0.15, 0.2) is 5.82 Å². The van der Waals surface area contributed by atoms with E-state index in [1.807, 2.05) is 4.90 Å². The van der Waals surface area contributed by atoms with E-state index in [2.05, 4.69) is 5.16 Å². The Kier molecular flexibility index (Phi) is 4.54. The van der Waals surface area contributed by atoms with Crippen molar-refractivity contribution in [3.05, 3.63) is 11.7 Å². The fourth-order valence-corrected chi connectivity index (χ4v) is 4.60. The van der Waals surface area contributed by atoms with Gasteiger partial charge in [0.25, 0.3) is 0 Å². The highest BCUT2D eigenvalue weighted by molar-refractivity contribution is 5.77. The van der Waals surface area contributed by atoms with Gasteiger partial charge in [-0.1, -0.05) is 30.8 Å². The van der Waals surface area contributed by atoms with Gasteiger partial charge in [0.2, 0.25) is 11.8 Å². The Hall–Kier alpha value is -1.47. The highest BCUT2D eigenvalue weighted by atomic mass is 16.5. The van der Waals surface area contributed by atoms with Crippen molar-refractivity contribution >= 4 is 5.91 Å². The Morgan fingerprint density at radius 1 is 1.08 bits per heavy atom. The minimum Gasteiger partial charge on any atom is -0.378 e. The van der Waals surface area contributed by atoms with Gasteiger partial charge in [-0.05, 0) is 25.7 Å². The smallest absolute Gasteiger partial charge is 0.233 e. The predicted molar refractivity (Wildman–Crippen MR) is 90.8 cm³/mol. The number of carbonyl (C=O) groups is 1. The molecule has 2 saturated carbocycles. The fraction of sp³-hybridized carbons (Fsp3) is 0.833. The molecular formula is C18H28N4O3. The number of hydrogen-bond donors (Lipinski definition) is 1. The van der Waals surface area contributed by atoms with Crippen LogP contribution in [0.5, 0.6) is 0 Å². The van der Waals surface area contributed by atoms with Crippen molar-refractivity contribution in [1.29, 1.82) is 0 Å². The Morgan fingerprint density at radius 2 is 1.72 bits per heavy atom. The van der Waals surface area contributed by atoms with Crippen molar-refractivity contribution < 1.29 is 14.1 Å². The van der Waals surface area contributed by atoms with Crippen LogP contribution in [0.1, 0.15) is 69.5 Å². The number of morpholine rings is 1. The van der Waals surface area contributed by atoms with Crippen LogP contribution in [0.3, 0.4) is 0 Å². The van der Waals surface area contributed by atoms with Gasteiger partial charge in [0.05, 0.1) is 24.2 Å². The van der Waals surface area contributed by atoms with Gasteiger partial charge < -0.3 is 19.9 Å². The molecule has 0 radical (unpaired) electrons. The highest BCUT2D eigenvalue weighted by Crippen LogP contribution is 2.44. The molecule has 0 aromatic carbocycles. The molecule has 0 atom stereocenters.